The number of amides is 1. The molecule has 12 heteroatoms. The fourth-order valence-electron chi connectivity index (χ4n) is 3.03. The van der Waals surface area contributed by atoms with Gasteiger partial charge in [0, 0.05) is 24.9 Å². The Labute approximate surface area is 166 Å². The first-order chi connectivity index (χ1) is 13.9. The van der Waals surface area contributed by atoms with Gasteiger partial charge in [0.1, 0.15) is 6.17 Å². The van der Waals surface area contributed by atoms with E-state index in [-0.39, 0.29) is 18.2 Å². The number of anilines is 1. The van der Waals surface area contributed by atoms with Gasteiger partial charge in [0.25, 0.3) is 5.91 Å². The Hall–Kier alpha value is -2.66. The smallest absolute Gasteiger partial charge is 0.352 e. The molecular formula is C18H17F7N4O. The second kappa shape index (κ2) is 8.23. The summed E-state index contributed by atoms with van der Waals surface area (Å²) in [4.78, 5) is 19.1. The number of hydrogen-bond acceptors (Lipinski definition) is 4. The number of halogens is 7. The Morgan fingerprint density at radius 3 is 2.33 bits per heavy atom. The largest absolute Gasteiger partial charge is 0.434 e. The van der Waals surface area contributed by atoms with E-state index in [1.165, 1.54) is 0 Å². The summed E-state index contributed by atoms with van der Waals surface area (Å²) in [5, 5.41) is 4.71. The fourth-order valence-corrected chi connectivity index (χ4v) is 3.03. The quantitative estimate of drug-likeness (QED) is 0.662. The van der Waals surface area contributed by atoms with Crippen molar-refractivity contribution in [3.63, 3.8) is 0 Å². The molecule has 2 aliphatic rings. The third-order valence-electron chi connectivity index (χ3n) is 4.88. The van der Waals surface area contributed by atoms with Crippen molar-refractivity contribution in [3.05, 3.63) is 40.9 Å². The van der Waals surface area contributed by atoms with E-state index >= 15 is 0 Å². The summed E-state index contributed by atoms with van der Waals surface area (Å²) in [6, 6.07) is 0. The topological polar surface area (TPSA) is 66.9 Å². The first-order valence-electron chi connectivity index (χ1n) is 9.06. The summed E-state index contributed by atoms with van der Waals surface area (Å²) in [5.41, 5.74) is -3.78. The molecule has 0 saturated heterocycles. The Kier molecular flexibility index (Phi) is 6.04. The Bertz CT molecular complexity index is 872. The SMILES string of the molecule is O=C(NCC1CCC1)c1cnc(NC2=CC=C(C(F)(F)F)C(F)C2)nc1C(F)(F)F. The van der Waals surface area contributed by atoms with Crippen LogP contribution in [-0.4, -0.2) is 34.8 Å². The Morgan fingerprint density at radius 1 is 1.10 bits per heavy atom. The number of allylic oxidation sites excluding steroid dienone is 4. The van der Waals surface area contributed by atoms with Gasteiger partial charge in [-0.25, -0.2) is 14.4 Å². The van der Waals surface area contributed by atoms with Gasteiger partial charge >= 0.3 is 12.4 Å². The summed E-state index contributed by atoms with van der Waals surface area (Å²) >= 11 is 0. The van der Waals surface area contributed by atoms with Crippen molar-refractivity contribution in [1.82, 2.24) is 15.3 Å². The van der Waals surface area contributed by atoms with Gasteiger partial charge in [-0.05, 0) is 30.9 Å². The Balaban J connectivity index is 1.79. The lowest BCUT2D eigenvalue weighted by Gasteiger charge is -2.25. The number of nitrogens with one attached hydrogen (secondary N) is 2. The van der Waals surface area contributed by atoms with E-state index < -0.39 is 53.6 Å². The van der Waals surface area contributed by atoms with Crippen molar-refractivity contribution in [2.24, 2.45) is 5.92 Å². The van der Waals surface area contributed by atoms with Crippen LogP contribution in [0.15, 0.2) is 29.6 Å². The number of rotatable bonds is 5. The van der Waals surface area contributed by atoms with Gasteiger partial charge in [-0.2, -0.15) is 26.3 Å². The van der Waals surface area contributed by atoms with Gasteiger partial charge in [0.15, 0.2) is 5.69 Å². The molecule has 1 heterocycles. The van der Waals surface area contributed by atoms with Gasteiger partial charge < -0.3 is 10.6 Å². The second-order valence-corrected chi connectivity index (χ2v) is 7.07. The molecule has 1 unspecified atom stereocenters. The van der Waals surface area contributed by atoms with E-state index in [1.807, 2.05) is 0 Å². The Morgan fingerprint density at radius 2 is 1.80 bits per heavy atom. The number of carbonyl (C=O) groups excluding carboxylic acids is 1. The van der Waals surface area contributed by atoms with E-state index in [4.69, 9.17) is 0 Å². The molecule has 164 valence electrons. The van der Waals surface area contributed by atoms with Crippen LogP contribution in [0.25, 0.3) is 0 Å². The first-order valence-corrected chi connectivity index (χ1v) is 9.06. The van der Waals surface area contributed by atoms with Gasteiger partial charge in [0.2, 0.25) is 5.95 Å². The summed E-state index contributed by atoms with van der Waals surface area (Å²) in [6.45, 7) is 0.245. The molecule has 30 heavy (non-hydrogen) atoms. The minimum absolute atomic E-state index is 0.134. The number of hydrogen-bond donors (Lipinski definition) is 2. The van der Waals surface area contributed by atoms with Crippen LogP contribution in [0, 0.1) is 5.92 Å². The lowest BCUT2D eigenvalue weighted by Crippen LogP contribution is -2.34. The fraction of sp³-hybridized carbons (Fsp3) is 0.500. The van der Waals surface area contributed by atoms with Gasteiger partial charge in [-0.15, -0.1) is 0 Å². The zero-order valence-electron chi connectivity index (χ0n) is 15.4. The van der Waals surface area contributed by atoms with Crippen molar-refractivity contribution < 1.29 is 35.5 Å². The molecule has 0 aliphatic heterocycles. The molecule has 1 fully saturated rings. The molecule has 2 N–H and O–H groups in total. The van der Waals surface area contributed by atoms with Gasteiger partial charge in [-0.1, -0.05) is 6.42 Å². The molecule has 3 rings (SSSR count). The average Bonchev–Trinajstić information content (AvgIpc) is 2.58. The summed E-state index contributed by atoms with van der Waals surface area (Å²) in [5.74, 6) is -1.36. The minimum atomic E-state index is -4.98. The highest BCUT2D eigenvalue weighted by atomic mass is 19.4. The summed E-state index contributed by atoms with van der Waals surface area (Å²) in [7, 11) is 0. The van der Waals surface area contributed by atoms with Crippen LogP contribution in [0.3, 0.4) is 0 Å². The maximum absolute atomic E-state index is 13.8. The number of nitrogens with zero attached hydrogens (tertiary/aromatic N) is 2. The van der Waals surface area contributed by atoms with Crippen molar-refractivity contribution >= 4 is 11.9 Å². The maximum Gasteiger partial charge on any atom is 0.434 e. The molecule has 2 aliphatic carbocycles. The molecule has 1 aromatic rings. The van der Waals surface area contributed by atoms with Crippen LogP contribution in [0.5, 0.6) is 0 Å². The van der Waals surface area contributed by atoms with Gasteiger partial charge in [0.05, 0.1) is 11.1 Å². The van der Waals surface area contributed by atoms with Crippen LogP contribution in [0.1, 0.15) is 41.7 Å². The number of aromatic nitrogens is 2. The van der Waals surface area contributed by atoms with Crippen LogP contribution in [0.2, 0.25) is 0 Å². The van der Waals surface area contributed by atoms with Crippen molar-refractivity contribution in [2.75, 3.05) is 11.9 Å². The third kappa shape index (κ3) is 5.08. The molecule has 1 atom stereocenters. The zero-order chi connectivity index (χ0) is 22.1. The highest BCUT2D eigenvalue weighted by Gasteiger charge is 2.41. The normalized spacial score (nSPS) is 20.2. The summed E-state index contributed by atoms with van der Waals surface area (Å²) < 4.78 is 91.8. The second-order valence-electron chi connectivity index (χ2n) is 7.07. The molecule has 0 aromatic carbocycles. The maximum atomic E-state index is 13.8. The monoisotopic (exact) mass is 438 g/mol. The average molecular weight is 438 g/mol. The van der Waals surface area contributed by atoms with E-state index in [2.05, 4.69) is 20.6 Å². The molecule has 0 radical (unpaired) electrons. The molecule has 0 spiro atoms. The minimum Gasteiger partial charge on any atom is -0.352 e. The standard InChI is InChI=1S/C18H17F7N4O/c19-13-6-10(4-5-12(13)17(20,21)22)28-16-27-8-11(14(29-16)18(23,24)25)15(30)26-7-9-2-1-3-9/h4-5,8-9,13H,1-3,6-7H2,(H,26,30)(H,27,28,29). The number of alkyl halides is 7. The third-order valence-corrected chi connectivity index (χ3v) is 4.88. The van der Waals surface area contributed by atoms with E-state index in [1.54, 1.807) is 0 Å². The highest BCUT2D eigenvalue weighted by Crippen LogP contribution is 2.35. The molecule has 5 nitrogen and oxygen atoms in total. The first kappa shape index (κ1) is 22.0. The van der Waals surface area contributed by atoms with Crippen LogP contribution in [0.4, 0.5) is 36.7 Å². The number of carbonyl (C=O) groups is 1. The van der Waals surface area contributed by atoms with Crippen molar-refractivity contribution in [3.8, 4) is 0 Å². The highest BCUT2D eigenvalue weighted by molar-refractivity contribution is 5.95. The zero-order valence-corrected chi connectivity index (χ0v) is 15.4. The predicted octanol–water partition coefficient (Wildman–Crippen LogP) is 4.55. The lowest BCUT2D eigenvalue weighted by atomic mass is 9.85. The molecular weight excluding hydrogens is 421 g/mol. The van der Waals surface area contributed by atoms with Crippen molar-refractivity contribution in [2.45, 2.75) is 44.2 Å². The molecule has 1 amide bonds. The predicted molar refractivity (Wildman–Crippen MR) is 92.1 cm³/mol. The van der Waals surface area contributed by atoms with Gasteiger partial charge in [-0.3, -0.25) is 4.79 Å². The van der Waals surface area contributed by atoms with E-state index in [9.17, 15) is 35.5 Å². The molecule has 0 bridgehead atoms. The lowest BCUT2D eigenvalue weighted by molar-refractivity contribution is -0.141. The van der Waals surface area contributed by atoms with Crippen molar-refractivity contribution in [1.29, 1.82) is 0 Å². The van der Waals surface area contributed by atoms with Crippen LogP contribution >= 0.6 is 0 Å². The van der Waals surface area contributed by atoms with Crippen LogP contribution in [-0.2, 0) is 6.18 Å². The van der Waals surface area contributed by atoms with E-state index in [0.29, 0.717) is 12.3 Å². The van der Waals surface area contributed by atoms with Crippen LogP contribution < -0.4 is 10.6 Å². The summed E-state index contributed by atoms with van der Waals surface area (Å²) in [6.07, 6.45) is -8.07. The molecule has 1 saturated carbocycles. The van der Waals surface area contributed by atoms with E-state index in [0.717, 1.165) is 25.3 Å². The molecule has 1 aromatic heterocycles.